The van der Waals surface area contributed by atoms with Gasteiger partial charge < -0.3 is 4.74 Å². The first-order valence-corrected chi connectivity index (χ1v) is 4.05. The van der Waals surface area contributed by atoms with Crippen LogP contribution in [0.3, 0.4) is 0 Å². The van der Waals surface area contributed by atoms with Crippen LogP contribution in [0.25, 0.3) is 0 Å². The summed E-state index contributed by atoms with van der Waals surface area (Å²) in [6.45, 7) is 2.97. The average Bonchev–Trinajstić information content (AvgIpc) is 2.53. The summed E-state index contributed by atoms with van der Waals surface area (Å²) in [5.74, 6) is 0.822. The highest BCUT2D eigenvalue weighted by atomic mass is 16.5. The molecular formula is C7H13N3O2. The molecule has 0 fully saturated rings. The molecule has 5 nitrogen and oxygen atoms in total. The maximum absolute atomic E-state index is 10.7. The third kappa shape index (κ3) is 2.77. The summed E-state index contributed by atoms with van der Waals surface area (Å²) in [5, 5.41) is 0. The Balaban J connectivity index is 2.12. The largest absolute Gasteiger partial charge is 0.449 e. The van der Waals surface area contributed by atoms with Gasteiger partial charge in [-0.15, -0.1) is 0 Å². The van der Waals surface area contributed by atoms with Gasteiger partial charge in [-0.25, -0.2) is 10.2 Å². The zero-order valence-electron chi connectivity index (χ0n) is 7.09. The van der Waals surface area contributed by atoms with Gasteiger partial charge in [0.15, 0.2) is 0 Å². The summed E-state index contributed by atoms with van der Waals surface area (Å²) < 4.78 is 4.63. The fourth-order valence-electron chi connectivity index (χ4n) is 0.932. The highest BCUT2D eigenvalue weighted by Gasteiger charge is 2.06. The van der Waals surface area contributed by atoms with Crippen LogP contribution >= 0.6 is 0 Å². The number of aliphatic imine (C=N–C) groups is 1. The molecule has 0 saturated carbocycles. The zero-order valence-corrected chi connectivity index (χ0v) is 7.09. The maximum atomic E-state index is 10.7. The van der Waals surface area contributed by atoms with E-state index in [-0.39, 0.29) is 0 Å². The van der Waals surface area contributed by atoms with Gasteiger partial charge in [-0.1, -0.05) is 0 Å². The lowest BCUT2D eigenvalue weighted by molar-refractivity contribution is 0.150. The molecule has 1 aliphatic heterocycles. The smallest absolute Gasteiger partial charge is 0.425 e. The first-order valence-electron chi connectivity index (χ1n) is 4.05. The molecule has 1 aliphatic rings. The molecule has 0 aromatic heterocycles. The normalized spacial score (nSPS) is 15.2. The number of amides is 1. The lowest BCUT2D eigenvalue weighted by Gasteiger charge is -2.06. The van der Waals surface area contributed by atoms with Gasteiger partial charge in [0.1, 0.15) is 5.84 Å². The minimum atomic E-state index is -0.466. The zero-order chi connectivity index (χ0) is 8.81. The van der Waals surface area contributed by atoms with Crippen molar-refractivity contribution in [2.24, 2.45) is 4.99 Å². The lowest BCUT2D eigenvalue weighted by atomic mass is 10.3. The summed E-state index contributed by atoms with van der Waals surface area (Å²) in [5.41, 5.74) is 5.08. The Kier molecular flexibility index (Phi) is 3.37. The van der Waals surface area contributed by atoms with E-state index >= 15 is 0 Å². The van der Waals surface area contributed by atoms with E-state index < -0.39 is 6.09 Å². The van der Waals surface area contributed by atoms with Crippen molar-refractivity contribution in [3.8, 4) is 0 Å². The summed E-state index contributed by atoms with van der Waals surface area (Å²) in [6, 6.07) is 0. The van der Waals surface area contributed by atoms with Crippen LogP contribution in [0.2, 0.25) is 0 Å². The summed E-state index contributed by atoms with van der Waals surface area (Å²) >= 11 is 0. The Morgan fingerprint density at radius 3 is 3.17 bits per heavy atom. The second kappa shape index (κ2) is 4.58. The molecule has 12 heavy (non-hydrogen) atoms. The molecule has 0 aromatic rings. The fraction of sp³-hybridized carbons (Fsp3) is 0.714. The van der Waals surface area contributed by atoms with Crippen LogP contribution < -0.4 is 10.9 Å². The summed E-state index contributed by atoms with van der Waals surface area (Å²) in [7, 11) is 0. The fourth-order valence-corrected chi connectivity index (χ4v) is 0.932. The Morgan fingerprint density at radius 1 is 1.75 bits per heavy atom. The minimum absolute atomic E-state index is 0.375. The number of carbonyl (C=O) groups is 1. The molecule has 0 aliphatic carbocycles. The van der Waals surface area contributed by atoms with Crippen LogP contribution in [0.1, 0.15) is 19.8 Å². The molecule has 1 amide bonds. The van der Waals surface area contributed by atoms with Gasteiger partial charge in [0, 0.05) is 13.0 Å². The highest BCUT2D eigenvalue weighted by molar-refractivity contribution is 5.85. The molecule has 5 heteroatoms. The van der Waals surface area contributed by atoms with E-state index in [2.05, 4.69) is 20.6 Å². The van der Waals surface area contributed by atoms with Gasteiger partial charge in [0.05, 0.1) is 6.61 Å². The number of nitrogens with one attached hydrogen (secondary N) is 2. The molecule has 68 valence electrons. The number of amidine groups is 1. The molecule has 0 spiro atoms. The molecule has 2 N–H and O–H groups in total. The number of nitrogens with zero attached hydrogens (tertiary/aromatic N) is 1. The van der Waals surface area contributed by atoms with Crippen LogP contribution in [0, 0.1) is 0 Å². The summed E-state index contributed by atoms with van der Waals surface area (Å²) in [4.78, 5) is 14.9. The molecule has 1 rings (SSSR count). The van der Waals surface area contributed by atoms with E-state index in [1.165, 1.54) is 0 Å². The van der Waals surface area contributed by atoms with E-state index in [9.17, 15) is 4.79 Å². The Morgan fingerprint density at radius 2 is 2.58 bits per heavy atom. The van der Waals surface area contributed by atoms with Crippen molar-refractivity contribution >= 4 is 11.9 Å². The van der Waals surface area contributed by atoms with E-state index in [1.54, 1.807) is 6.92 Å². The van der Waals surface area contributed by atoms with Gasteiger partial charge in [0.2, 0.25) is 0 Å². The highest BCUT2D eigenvalue weighted by Crippen LogP contribution is 1.99. The third-order valence-corrected chi connectivity index (χ3v) is 1.46. The maximum Gasteiger partial charge on any atom is 0.425 e. The van der Waals surface area contributed by atoms with E-state index in [1.807, 2.05) is 0 Å². The number of hydrazine groups is 1. The summed E-state index contributed by atoms with van der Waals surface area (Å²) in [6.07, 6.45) is 1.48. The number of hydrogen-bond donors (Lipinski definition) is 2. The monoisotopic (exact) mass is 171 g/mol. The van der Waals surface area contributed by atoms with Gasteiger partial charge in [-0.2, -0.15) is 0 Å². The van der Waals surface area contributed by atoms with Crippen molar-refractivity contribution in [1.82, 2.24) is 10.9 Å². The first kappa shape index (κ1) is 8.83. The molecular weight excluding hydrogens is 158 g/mol. The number of rotatable bonds is 1. The minimum Gasteiger partial charge on any atom is -0.449 e. The quantitative estimate of drug-likeness (QED) is 0.562. The lowest BCUT2D eigenvalue weighted by Crippen LogP contribution is -2.41. The Labute approximate surface area is 71.2 Å². The SMILES string of the molecule is CCOC(=O)NNC1=NCCC1. The van der Waals surface area contributed by atoms with Crippen molar-refractivity contribution in [3.05, 3.63) is 0 Å². The predicted octanol–water partition coefficient (Wildman–Crippen LogP) is 0.429. The Hall–Kier alpha value is -1.26. The standard InChI is InChI=1S/C7H13N3O2/c1-2-12-7(11)10-9-6-4-3-5-8-6/h2-5H2,1H3,(H,8,9)(H,10,11). The van der Waals surface area contributed by atoms with Crippen LogP contribution in [-0.2, 0) is 4.74 Å². The van der Waals surface area contributed by atoms with Crippen LogP contribution in [0.5, 0.6) is 0 Å². The molecule has 0 aromatic carbocycles. The van der Waals surface area contributed by atoms with E-state index in [4.69, 9.17) is 0 Å². The molecule has 0 radical (unpaired) electrons. The van der Waals surface area contributed by atoms with Crippen molar-refractivity contribution in [2.45, 2.75) is 19.8 Å². The third-order valence-electron chi connectivity index (χ3n) is 1.46. The molecule has 0 atom stereocenters. The van der Waals surface area contributed by atoms with Gasteiger partial charge >= 0.3 is 6.09 Å². The number of hydrogen-bond acceptors (Lipinski definition) is 4. The topological polar surface area (TPSA) is 62.7 Å². The van der Waals surface area contributed by atoms with Crippen LogP contribution in [-0.4, -0.2) is 25.1 Å². The molecule has 0 unspecified atom stereocenters. The molecule has 0 bridgehead atoms. The van der Waals surface area contributed by atoms with E-state index in [0.29, 0.717) is 6.61 Å². The van der Waals surface area contributed by atoms with E-state index in [0.717, 1.165) is 25.2 Å². The predicted molar refractivity (Wildman–Crippen MR) is 44.8 cm³/mol. The van der Waals surface area contributed by atoms with Crippen molar-refractivity contribution in [1.29, 1.82) is 0 Å². The average molecular weight is 171 g/mol. The molecule has 0 saturated heterocycles. The van der Waals surface area contributed by atoms with Crippen molar-refractivity contribution in [2.75, 3.05) is 13.2 Å². The van der Waals surface area contributed by atoms with Crippen molar-refractivity contribution in [3.63, 3.8) is 0 Å². The second-order valence-electron chi connectivity index (χ2n) is 2.40. The second-order valence-corrected chi connectivity index (χ2v) is 2.40. The molecule has 1 heterocycles. The van der Waals surface area contributed by atoms with Gasteiger partial charge in [-0.3, -0.25) is 10.4 Å². The first-order chi connectivity index (χ1) is 5.83. The Bertz CT molecular complexity index is 191. The van der Waals surface area contributed by atoms with Gasteiger partial charge in [0.25, 0.3) is 0 Å². The number of carbonyl (C=O) groups excluding carboxylic acids is 1. The van der Waals surface area contributed by atoms with Crippen molar-refractivity contribution < 1.29 is 9.53 Å². The van der Waals surface area contributed by atoms with Crippen LogP contribution in [0.4, 0.5) is 4.79 Å². The number of ether oxygens (including phenoxy) is 1. The van der Waals surface area contributed by atoms with Gasteiger partial charge in [-0.05, 0) is 13.3 Å². The van der Waals surface area contributed by atoms with Crippen LogP contribution in [0.15, 0.2) is 4.99 Å².